The van der Waals surface area contributed by atoms with Crippen LogP contribution < -0.4 is 9.64 Å². The van der Waals surface area contributed by atoms with Gasteiger partial charge in [0, 0.05) is 24.7 Å². The van der Waals surface area contributed by atoms with E-state index < -0.39 is 5.92 Å². The number of amides is 2. The molecule has 0 spiro atoms. The van der Waals surface area contributed by atoms with Crippen LogP contribution in [-0.4, -0.2) is 44.3 Å². The summed E-state index contributed by atoms with van der Waals surface area (Å²) in [5.74, 6) is -1.03. The monoisotopic (exact) mass is 408 g/mol. The molecule has 2 amide bonds. The fourth-order valence-corrected chi connectivity index (χ4v) is 3.30. The third-order valence-electron chi connectivity index (χ3n) is 4.77. The second-order valence-electron chi connectivity index (χ2n) is 6.71. The van der Waals surface area contributed by atoms with E-state index >= 15 is 0 Å². The molecule has 0 aromatic heterocycles. The van der Waals surface area contributed by atoms with Crippen molar-refractivity contribution in [1.82, 2.24) is 0 Å². The van der Waals surface area contributed by atoms with Gasteiger partial charge in [0.2, 0.25) is 5.91 Å². The highest BCUT2D eigenvalue weighted by atomic mass is 16.5. The maximum atomic E-state index is 13.2. The van der Waals surface area contributed by atoms with Gasteiger partial charge in [-0.25, -0.2) is 4.90 Å². The van der Waals surface area contributed by atoms with Gasteiger partial charge in [0.15, 0.2) is 0 Å². The van der Waals surface area contributed by atoms with Gasteiger partial charge in [-0.1, -0.05) is 18.2 Å². The summed E-state index contributed by atoms with van der Waals surface area (Å²) in [6.45, 7) is 2.80. The predicted molar refractivity (Wildman–Crippen MR) is 113 cm³/mol. The minimum atomic E-state index is -0.677. The van der Waals surface area contributed by atoms with Crippen molar-refractivity contribution in [2.75, 3.05) is 25.2 Å². The average molecular weight is 408 g/mol. The molecule has 7 nitrogen and oxygen atoms in total. The first-order valence-electron chi connectivity index (χ1n) is 9.83. The van der Waals surface area contributed by atoms with Gasteiger partial charge < -0.3 is 9.47 Å². The highest BCUT2D eigenvalue weighted by Gasteiger charge is 2.38. The molecule has 0 saturated heterocycles. The Balaban J connectivity index is 1.85. The molecule has 3 rings (SSSR count). The van der Waals surface area contributed by atoms with Crippen LogP contribution in [0.2, 0.25) is 0 Å². The molecule has 0 fully saturated rings. The van der Waals surface area contributed by atoms with Gasteiger partial charge >= 0.3 is 5.97 Å². The van der Waals surface area contributed by atoms with Crippen LogP contribution in [0.4, 0.5) is 5.69 Å². The zero-order valence-corrected chi connectivity index (χ0v) is 17.0. The molecule has 0 radical (unpaired) electrons. The zero-order valence-electron chi connectivity index (χ0n) is 17.0. The lowest BCUT2D eigenvalue weighted by Crippen LogP contribution is -2.45. The van der Waals surface area contributed by atoms with Crippen LogP contribution in [0.15, 0.2) is 53.5 Å². The number of benzene rings is 2. The van der Waals surface area contributed by atoms with E-state index in [-0.39, 0.29) is 24.2 Å². The Morgan fingerprint density at radius 3 is 2.57 bits per heavy atom. The van der Waals surface area contributed by atoms with Crippen molar-refractivity contribution in [3.05, 3.63) is 59.7 Å². The molecule has 1 atom stereocenters. The van der Waals surface area contributed by atoms with Crippen molar-refractivity contribution in [3.8, 4) is 5.75 Å². The fraction of sp³-hybridized carbons (Fsp3) is 0.304. The van der Waals surface area contributed by atoms with E-state index in [1.807, 2.05) is 6.92 Å². The third-order valence-corrected chi connectivity index (χ3v) is 4.77. The molecular weight excluding hydrogens is 384 g/mol. The normalized spacial score (nSPS) is 15.9. The molecule has 0 bridgehead atoms. The minimum Gasteiger partial charge on any atom is -0.494 e. The lowest BCUT2D eigenvalue weighted by molar-refractivity contribution is -0.140. The Labute approximate surface area is 175 Å². The van der Waals surface area contributed by atoms with Gasteiger partial charge in [0.05, 0.1) is 25.3 Å². The summed E-state index contributed by atoms with van der Waals surface area (Å²) >= 11 is 0. The molecule has 0 aliphatic carbocycles. The first kappa shape index (κ1) is 21.2. The number of ether oxygens (including phenoxy) is 2. The van der Waals surface area contributed by atoms with E-state index in [9.17, 15) is 14.4 Å². The molecule has 7 heteroatoms. The van der Waals surface area contributed by atoms with E-state index in [1.54, 1.807) is 54.7 Å². The van der Waals surface area contributed by atoms with E-state index in [1.165, 1.54) is 12.0 Å². The van der Waals surface area contributed by atoms with Gasteiger partial charge in [-0.3, -0.25) is 19.4 Å². The number of carbonyl (C=O) groups is 3. The van der Waals surface area contributed by atoms with E-state index in [2.05, 4.69) is 9.73 Å². The lowest BCUT2D eigenvalue weighted by atomic mass is 9.89. The van der Waals surface area contributed by atoms with E-state index in [4.69, 9.17) is 4.74 Å². The standard InChI is InChI=1S/C23H24N2O5/c1-3-30-17-12-10-16(11-13-17)25-22(27)19-8-5-4-7-18(19)20(23(25)28)15-24-14-6-9-21(26)29-2/h4-5,7-8,10-13,15,20H,3,6,9,14H2,1-2H3/t20-/m1/s1. The first-order chi connectivity index (χ1) is 14.6. The van der Waals surface area contributed by atoms with Crippen LogP contribution in [0.1, 0.15) is 41.6 Å². The largest absolute Gasteiger partial charge is 0.494 e. The molecular formula is C23H24N2O5. The lowest BCUT2D eigenvalue weighted by Gasteiger charge is -2.31. The summed E-state index contributed by atoms with van der Waals surface area (Å²) in [4.78, 5) is 43.0. The Hall–Kier alpha value is -3.48. The average Bonchev–Trinajstić information content (AvgIpc) is 2.76. The Morgan fingerprint density at radius 2 is 1.87 bits per heavy atom. The van der Waals surface area contributed by atoms with Crippen LogP contribution in [-0.2, 0) is 14.3 Å². The van der Waals surface area contributed by atoms with Crippen LogP contribution in [0.3, 0.4) is 0 Å². The molecule has 0 N–H and O–H groups in total. The molecule has 2 aromatic carbocycles. The van der Waals surface area contributed by atoms with Crippen LogP contribution >= 0.6 is 0 Å². The van der Waals surface area contributed by atoms with Crippen LogP contribution in [0.5, 0.6) is 5.75 Å². The van der Waals surface area contributed by atoms with E-state index in [0.29, 0.717) is 42.1 Å². The maximum Gasteiger partial charge on any atom is 0.305 e. The number of anilines is 1. The number of hydrogen-bond acceptors (Lipinski definition) is 6. The maximum absolute atomic E-state index is 13.2. The highest BCUT2D eigenvalue weighted by molar-refractivity contribution is 6.29. The van der Waals surface area contributed by atoms with Crippen LogP contribution in [0, 0.1) is 0 Å². The summed E-state index contributed by atoms with van der Waals surface area (Å²) < 4.78 is 10.0. The molecule has 30 heavy (non-hydrogen) atoms. The van der Waals surface area contributed by atoms with Gasteiger partial charge in [-0.05, 0) is 49.2 Å². The van der Waals surface area contributed by atoms with Crippen molar-refractivity contribution in [2.45, 2.75) is 25.7 Å². The summed E-state index contributed by atoms with van der Waals surface area (Å²) in [5.41, 5.74) is 1.58. The number of aliphatic imine (C=N–C) groups is 1. The molecule has 1 aliphatic rings. The molecule has 1 aliphatic heterocycles. The number of carbonyl (C=O) groups excluding carboxylic acids is 3. The van der Waals surface area contributed by atoms with Gasteiger partial charge in [0.1, 0.15) is 5.75 Å². The number of esters is 1. The molecule has 2 aromatic rings. The number of methoxy groups -OCH3 is 1. The van der Waals surface area contributed by atoms with Gasteiger partial charge in [-0.2, -0.15) is 0 Å². The Morgan fingerprint density at radius 1 is 1.13 bits per heavy atom. The molecule has 0 unspecified atom stereocenters. The van der Waals surface area contributed by atoms with Crippen molar-refractivity contribution < 1.29 is 23.9 Å². The van der Waals surface area contributed by atoms with Crippen molar-refractivity contribution in [1.29, 1.82) is 0 Å². The van der Waals surface area contributed by atoms with Crippen molar-refractivity contribution in [3.63, 3.8) is 0 Å². The summed E-state index contributed by atoms with van der Waals surface area (Å²) in [5, 5.41) is 0. The number of imide groups is 1. The van der Waals surface area contributed by atoms with Gasteiger partial charge in [0.25, 0.3) is 5.91 Å². The molecule has 0 saturated carbocycles. The van der Waals surface area contributed by atoms with Crippen molar-refractivity contribution >= 4 is 29.7 Å². The SMILES string of the molecule is CCOc1ccc(N2C(=O)c3ccccc3[C@@H](C=NCCCC(=O)OC)C2=O)cc1. The second-order valence-corrected chi connectivity index (χ2v) is 6.71. The quantitative estimate of drug-likeness (QED) is 0.289. The molecule has 156 valence electrons. The second kappa shape index (κ2) is 9.82. The van der Waals surface area contributed by atoms with E-state index in [0.717, 1.165) is 0 Å². The Kier molecular flexibility index (Phi) is 6.95. The summed E-state index contributed by atoms with van der Waals surface area (Å²) in [7, 11) is 1.34. The number of rotatable bonds is 8. The van der Waals surface area contributed by atoms with Gasteiger partial charge in [-0.15, -0.1) is 0 Å². The fourth-order valence-electron chi connectivity index (χ4n) is 3.30. The smallest absolute Gasteiger partial charge is 0.305 e. The highest BCUT2D eigenvalue weighted by Crippen LogP contribution is 2.32. The predicted octanol–water partition coefficient (Wildman–Crippen LogP) is 3.38. The topological polar surface area (TPSA) is 85.3 Å². The number of hydrogen-bond donors (Lipinski definition) is 0. The van der Waals surface area contributed by atoms with Crippen molar-refractivity contribution in [2.24, 2.45) is 4.99 Å². The number of fused-ring (bicyclic) bond motifs is 1. The minimum absolute atomic E-state index is 0.264. The first-order valence-corrected chi connectivity index (χ1v) is 9.83. The zero-order chi connectivity index (χ0) is 21.5. The molecule has 1 heterocycles. The summed E-state index contributed by atoms with van der Waals surface area (Å²) in [6.07, 6.45) is 2.35. The Bertz CT molecular complexity index is 952. The summed E-state index contributed by atoms with van der Waals surface area (Å²) in [6, 6.07) is 13.9. The number of nitrogens with zero attached hydrogens (tertiary/aromatic N) is 2. The van der Waals surface area contributed by atoms with Crippen LogP contribution in [0.25, 0.3) is 0 Å². The third kappa shape index (κ3) is 4.56.